The second kappa shape index (κ2) is 9.99. The van der Waals surface area contributed by atoms with Crippen LogP contribution in [0.2, 0.25) is 0 Å². The quantitative estimate of drug-likeness (QED) is 0.614. The highest BCUT2D eigenvalue weighted by Crippen LogP contribution is 2.11. The molecule has 150 valence electrons. The van der Waals surface area contributed by atoms with Crippen LogP contribution < -0.4 is 16.4 Å². The Bertz CT molecular complexity index is 938. The lowest BCUT2D eigenvalue weighted by molar-refractivity contribution is -0.130. The van der Waals surface area contributed by atoms with Gasteiger partial charge < -0.3 is 16.4 Å². The zero-order chi connectivity index (χ0) is 21.4. The summed E-state index contributed by atoms with van der Waals surface area (Å²) in [6.07, 6.45) is 0.0275. The van der Waals surface area contributed by atoms with Gasteiger partial charge in [-0.2, -0.15) is 5.26 Å². The van der Waals surface area contributed by atoms with Gasteiger partial charge in [0.1, 0.15) is 17.9 Å². The molecule has 29 heavy (non-hydrogen) atoms. The molecule has 0 saturated heterocycles. The Hall–Kier alpha value is -3.73. The molecule has 0 aliphatic carbocycles. The van der Waals surface area contributed by atoms with Crippen LogP contribution in [0.1, 0.15) is 23.6 Å². The van der Waals surface area contributed by atoms with E-state index in [2.05, 4.69) is 10.6 Å². The fourth-order valence-corrected chi connectivity index (χ4v) is 2.78. The standard InChI is InChI=1S/C21H21FN4O3/c1-13(27)25-19(11-16-4-2-3-5-17(16)22)21(29)26-18(20(24)28)10-14-6-8-15(12-23)9-7-14/h2-9,18-19H,10-11H2,1H3,(H2,24,28)(H,25,27)(H,26,29)/t18-,19+/m0/s1. The molecule has 8 heteroatoms. The van der Waals surface area contributed by atoms with E-state index < -0.39 is 35.6 Å². The molecule has 4 N–H and O–H groups in total. The maximum Gasteiger partial charge on any atom is 0.243 e. The minimum Gasteiger partial charge on any atom is -0.368 e. The summed E-state index contributed by atoms with van der Waals surface area (Å²) >= 11 is 0. The number of benzene rings is 2. The van der Waals surface area contributed by atoms with Gasteiger partial charge in [0.05, 0.1) is 11.6 Å². The predicted octanol–water partition coefficient (Wildman–Crippen LogP) is 0.957. The average Bonchev–Trinajstić information content (AvgIpc) is 2.68. The summed E-state index contributed by atoms with van der Waals surface area (Å²) in [6, 6.07) is 12.3. The van der Waals surface area contributed by atoms with Crippen molar-refractivity contribution >= 4 is 17.7 Å². The van der Waals surface area contributed by atoms with E-state index in [1.165, 1.54) is 25.1 Å². The van der Waals surface area contributed by atoms with E-state index in [0.29, 0.717) is 11.1 Å². The van der Waals surface area contributed by atoms with E-state index in [4.69, 9.17) is 11.0 Å². The van der Waals surface area contributed by atoms with Crippen molar-refractivity contribution in [3.05, 3.63) is 71.0 Å². The molecule has 0 aromatic heterocycles. The summed E-state index contributed by atoms with van der Waals surface area (Å²) in [6.45, 7) is 1.24. The molecule has 2 rings (SSSR count). The van der Waals surface area contributed by atoms with Crippen LogP contribution in [0, 0.1) is 17.1 Å². The largest absolute Gasteiger partial charge is 0.368 e. The molecule has 0 radical (unpaired) electrons. The van der Waals surface area contributed by atoms with E-state index in [1.54, 1.807) is 30.3 Å². The Morgan fingerprint density at radius 2 is 1.69 bits per heavy atom. The summed E-state index contributed by atoms with van der Waals surface area (Å²) in [5, 5.41) is 13.8. The van der Waals surface area contributed by atoms with Crippen molar-refractivity contribution in [2.75, 3.05) is 0 Å². The predicted molar refractivity (Wildman–Crippen MR) is 104 cm³/mol. The van der Waals surface area contributed by atoms with E-state index in [0.717, 1.165) is 0 Å². The molecule has 0 aliphatic rings. The third kappa shape index (κ3) is 6.43. The van der Waals surface area contributed by atoms with Crippen LogP contribution >= 0.6 is 0 Å². The van der Waals surface area contributed by atoms with Gasteiger partial charge in [-0.25, -0.2) is 4.39 Å². The van der Waals surface area contributed by atoms with Crippen LogP contribution in [0.3, 0.4) is 0 Å². The molecule has 0 spiro atoms. The van der Waals surface area contributed by atoms with Crippen LogP contribution in [0.25, 0.3) is 0 Å². The van der Waals surface area contributed by atoms with Crippen molar-refractivity contribution in [3.63, 3.8) is 0 Å². The molecule has 0 unspecified atom stereocenters. The monoisotopic (exact) mass is 396 g/mol. The number of nitrogens with zero attached hydrogens (tertiary/aromatic N) is 1. The van der Waals surface area contributed by atoms with Crippen molar-refractivity contribution < 1.29 is 18.8 Å². The van der Waals surface area contributed by atoms with Crippen LogP contribution in [-0.4, -0.2) is 29.8 Å². The second-order valence-corrected chi connectivity index (χ2v) is 6.53. The summed E-state index contributed by atoms with van der Waals surface area (Å²) in [5.74, 6) is -2.38. The van der Waals surface area contributed by atoms with Crippen LogP contribution in [0.5, 0.6) is 0 Å². The first-order valence-electron chi connectivity index (χ1n) is 8.89. The number of nitriles is 1. The Labute approximate surface area is 167 Å². The van der Waals surface area contributed by atoms with Crippen LogP contribution in [0.15, 0.2) is 48.5 Å². The topological polar surface area (TPSA) is 125 Å². The summed E-state index contributed by atoms with van der Waals surface area (Å²) in [4.78, 5) is 36.0. The molecule has 0 aliphatic heterocycles. The van der Waals surface area contributed by atoms with Crippen molar-refractivity contribution in [3.8, 4) is 6.07 Å². The number of amides is 3. The van der Waals surface area contributed by atoms with Crippen molar-refractivity contribution in [2.24, 2.45) is 5.73 Å². The summed E-state index contributed by atoms with van der Waals surface area (Å²) < 4.78 is 13.9. The molecule has 0 saturated carbocycles. The third-order valence-corrected chi connectivity index (χ3v) is 4.26. The number of hydrogen-bond donors (Lipinski definition) is 3. The van der Waals surface area contributed by atoms with E-state index >= 15 is 0 Å². The lowest BCUT2D eigenvalue weighted by atomic mass is 10.0. The lowest BCUT2D eigenvalue weighted by Gasteiger charge is -2.22. The first-order chi connectivity index (χ1) is 13.8. The third-order valence-electron chi connectivity index (χ3n) is 4.26. The lowest BCUT2D eigenvalue weighted by Crippen LogP contribution is -2.54. The number of hydrogen-bond acceptors (Lipinski definition) is 4. The SMILES string of the molecule is CC(=O)N[C@H](Cc1ccccc1F)C(=O)N[C@@H](Cc1ccc(C#N)cc1)C(N)=O. The first-order valence-corrected chi connectivity index (χ1v) is 8.89. The molecule has 0 heterocycles. The van der Waals surface area contributed by atoms with Gasteiger partial charge in [-0.3, -0.25) is 14.4 Å². The van der Waals surface area contributed by atoms with Gasteiger partial charge >= 0.3 is 0 Å². The van der Waals surface area contributed by atoms with Gasteiger partial charge in [0, 0.05) is 19.8 Å². The zero-order valence-corrected chi connectivity index (χ0v) is 15.8. The maximum atomic E-state index is 13.9. The Morgan fingerprint density at radius 3 is 2.24 bits per heavy atom. The highest BCUT2D eigenvalue weighted by atomic mass is 19.1. The molecule has 7 nitrogen and oxygen atoms in total. The van der Waals surface area contributed by atoms with E-state index in [9.17, 15) is 18.8 Å². The second-order valence-electron chi connectivity index (χ2n) is 6.53. The van der Waals surface area contributed by atoms with Crippen molar-refractivity contribution in [2.45, 2.75) is 31.8 Å². The first kappa shape index (κ1) is 21.6. The molecule has 3 amide bonds. The minimum atomic E-state index is -1.08. The van der Waals surface area contributed by atoms with E-state index in [-0.39, 0.29) is 18.4 Å². The number of carbonyl (C=O) groups is 3. The molecule has 2 aromatic rings. The van der Waals surface area contributed by atoms with Crippen LogP contribution in [0.4, 0.5) is 4.39 Å². The van der Waals surface area contributed by atoms with Gasteiger partial charge in [0.2, 0.25) is 17.7 Å². The van der Waals surface area contributed by atoms with Crippen molar-refractivity contribution in [1.82, 2.24) is 10.6 Å². The van der Waals surface area contributed by atoms with Gasteiger partial charge in [0.25, 0.3) is 0 Å². The molecular weight excluding hydrogens is 375 g/mol. The Balaban J connectivity index is 2.14. The zero-order valence-electron chi connectivity index (χ0n) is 15.8. The number of nitrogens with one attached hydrogen (secondary N) is 2. The molecule has 0 bridgehead atoms. The fraction of sp³-hybridized carbons (Fsp3) is 0.238. The smallest absolute Gasteiger partial charge is 0.243 e. The van der Waals surface area contributed by atoms with Gasteiger partial charge in [0.15, 0.2) is 0 Å². The maximum absolute atomic E-state index is 13.9. The molecule has 2 atom stereocenters. The number of carbonyl (C=O) groups excluding carboxylic acids is 3. The number of rotatable bonds is 8. The highest BCUT2D eigenvalue weighted by molar-refractivity contribution is 5.91. The summed E-state index contributed by atoms with van der Waals surface area (Å²) in [5.41, 5.74) is 6.82. The van der Waals surface area contributed by atoms with Gasteiger partial charge in [-0.05, 0) is 29.3 Å². The highest BCUT2D eigenvalue weighted by Gasteiger charge is 2.26. The normalized spacial score (nSPS) is 12.3. The average molecular weight is 396 g/mol. The van der Waals surface area contributed by atoms with Gasteiger partial charge in [-0.1, -0.05) is 30.3 Å². The molecule has 0 fully saturated rings. The van der Waals surface area contributed by atoms with Crippen molar-refractivity contribution in [1.29, 1.82) is 5.26 Å². The Kier molecular flexibility index (Phi) is 7.43. The number of primary amides is 1. The van der Waals surface area contributed by atoms with E-state index in [1.807, 2.05) is 6.07 Å². The summed E-state index contributed by atoms with van der Waals surface area (Å²) in [7, 11) is 0. The fourth-order valence-electron chi connectivity index (χ4n) is 2.78. The minimum absolute atomic E-state index is 0.0829. The molecular formula is C21H21FN4O3. The number of halogens is 1. The van der Waals surface area contributed by atoms with Gasteiger partial charge in [-0.15, -0.1) is 0 Å². The Morgan fingerprint density at radius 1 is 1.03 bits per heavy atom. The van der Waals surface area contributed by atoms with Crippen LogP contribution in [-0.2, 0) is 27.2 Å². The molecule has 2 aromatic carbocycles. The number of nitrogens with two attached hydrogens (primary N) is 1.